The van der Waals surface area contributed by atoms with Crippen LogP contribution >= 0.6 is 15.9 Å². The van der Waals surface area contributed by atoms with Gasteiger partial charge in [0.2, 0.25) is 0 Å². The van der Waals surface area contributed by atoms with Gasteiger partial charge in [0, 0.05) is 17.9 Å². The number of hydrogen-bond donors (Lipinski definition) is 1. The van der Waals surface area contributed by atoms with E-state index in [1.54, 1.807) is 6.07 Å². The molecule has 0 aromatic heterocycles. The molecule has 0 heterocycles. The van der Waals surface area contributed by atoms with E-state index in [1.165, 1.54) is 19.2 Å². The average molecular weight is 246 g/mol. The summed E-state index contributed by atoms with van der Waals surface area (Å²) in [6.07, 6.45) is 0. The number of carbonyl (C=O) groups is 1. The molecule has 0 aliphatic carbocycles. The number of hydrogen-bond acceptors (Lipinski definition) is 1. The monoisotopic (exact) mass is 245 g/mol. The van der Waals surface area contributed by atoms with E-state index in [1.807, 2.05) is 0 Å². The van der Waals surface area contributed by atoms with Crippen LogP contribution in [0.3, 0.4) is 0 Å². The summed E-state index contributed by atoms with van der Waals surface area (Å²) in [5, 5.41) is 2.99. The second-order valence-electron chi connectivity index (χ2n) is 2.51. The molecule has 13 heavy (non-hydrogen) atoms. The highest BCUT2D eigenvalue weighted by Gasteiger charge is 2.09. The molecular weight excluding hydrogens is 237 g/mol. The summed E-state index contributed by atoms with van der Waals surface area (Å²) in [5.74, 6) is -0.669. The van der Waals surface area contributed by atoms with Crippen LogP contribution in [0, 0.1) is 5.82 Å². The Morgan fingerprint density at radius 1 is 1.62 bits per heavy atom. The topological polar surface area (TPSA) is 29.1 Å². The van der Waals surface area contributed by atoms with E-state index >= 15 is 0 Å². The molecule has 1 N–H and O–H groups in total. The van der Waals surface area contributed by atoms with Crippen molar-refractivity contribution in [2.24, 2.45) is 0 Å². The summed E-state index contributed by atoms with van der Waals surface area (Å²) in [7, 11) is 1.52. The number of nitrogens with one attached hydrogen (secondary N) is 1. The lowest BCUT2D eigenvalue weighted by Gasteiger charge is -2.05. The van der Waals surface area contributed by atoms with Gasteiger partial charge in [0.25, 0.3) is 5.91 Å². The highest BCUT2D eigenvalue weighted by Crippen LogP contribution is 2.14. The molecule has 70 valence electrons. The average Bonchev–Trinajstić information content (AvgIpc) is 2.16. The molecule has 0 bridgehead atoms. The lowest BCUT2D eigenvalue weighted by molar-refractivity contribution is 0.0962. The Bertz CT molecular complexity index is 327. The summed E-state index contributed by atoms with van der Waals surface area (Å²) in [4.78, 5) is 11.2. The van der Waals surface area contributed by atoms with Crippen molar-refractivity contribution in [3.63, 3.8) is 0 Å². The highest BCUT2D eigenvalue weighted by atomic mass is 79.9. The van der Waals surface area contributed by atoms with Crippen LogP contribution < -0.4 is 5.32 Å². The van der Waals surface area contributed by atoms with Gasteiger partial charge in [-0.25, -0.2) is 4.39 Å². The van der Waals surface area contributed by atoms with Gasteiger partial charge in [-0.05, 0) is 17.7 Å². The minimum atomic E-state index is -0.400. The third-order valence-corrected chi connectivity index (χ3v) is 2.29. The molecule has 0 aliphatic heterocycles. The maximum absolute atomic E-state index is 12.8. The summed E-state index contributed by atoms with van der Waals surface area (Å²) in [6, 6.07) is 4.16. The summed E-state index contributed by atoms with van der Waals surface area (Å²) in [5.41, 5.74) is 1.15. The first kappa shape index (κ1) is 10.2. The van der Waals surface area contributed by atoms with Crippen molar-refractivity contribution in [1.82, 2.24) is 5.32 Å². The highest BCUT2D eigenvalue weighted by molar-refractivity contribution is 9.08. The molecule has 0 aliphatic rings. The Morgan fingerprint density at radius 3 is 2.85 bits per heavy atom. The SMILES string of the molecule is CNC(=O)c1cc(F)ccc1CBr. The minimum Gasteiger partial charge on any atom is -0.355 e. The molecule has 0 saturated carbocycles. The van der Waals surface area contributed by atoms with Crippen LogP contribution in [0.15, 0.2) is 18.2 Å². The van der Waals surface area contributed by atoms with Gasteiger partial charge in [0.1, 0.15) is 5.82 Å². The van der Waals surface area contributed by atoms with Crippen LogP contribution in [0.5, 0.6) is 0 Å². The van der Waals surface area contributed by atoms with Crippen molar-refractivity contribution in [3.05, 3.63) is 35.1 Å². The molecule has 0 unspecified atom stereocenters. The molecule has 0 spiro atoms. The summed E-state index contributed by atoms with van der Waals surface area (Å²) >= 11 is 3.23. The smallest absolute Gasteiger partial charge is 0.251 e. The zero-order chi connectivity index (χ0) is 9.84. The van der Waals surface area contributed by atoms with Crippen LogP contribution in [0.4, 0.5) is 4.39 Å². The van der Waals surface area contributed by atoms with Crippen LogP contribution in [-0.4, -0.2) is 13.0 Å². The largest absolute Gasteiger partial charge is 0.355 e. The summed E-state index contributed by atoms with van der Waals surface area (Å²) < 4.78 is 12.8. The van der Waals surface area contributed by atoms with E-state index in [-0.39, 0.29) is 5.91 Å². The Hall–Kier alpha value is -0.900. The van der Waals surface area contributed by atoms with Crippen LogP contribution in [0.1, 0.15) is 15.9 Å². The van der Waals surface area contributed by atoms with Crippen molar-refractivity contribution in [3.8, 4) is 0 Å². The number of halogens is 2. The molecule has 0 saturated heterocycles. The second kappa shape index (κ2) is 4.37. The van der Waals surface area contributed by atoms with E-state index in [0.717, 1.165) is 5.56 Å². The van der Waals surface area contributed by atoms with Gasteiger partial charge in [-0.3, -0.25) is 4.79 Å². The van der Waals surface area contributed by atoms with Gasteiger partial charge < -0.3 is 5.32 Å². The lowest BCUT2D eigenvalue weighted by atomic mass is 10.1. The molecule has 1 rings (SSSR count). The Morgan fingerprint density at radius 2 is 2.31 bits per heavy atom. The number of rotatable bonds is 2. The number of carbonyl (C=O) groups excluding carboxylic acids is 1. The quantitative estimate of drug-likeness (QED) is 0.795. The molecule has 0 radical (unpaired) electrons. The maximum Gasteiger partial charge on any atom is 0.251 e. The number of alkyl halides is 1. The lowest BCUT2D eigenvalue weighted by Crippen LogP contribution is -2.19. The predicted molar refractivity (Wildman–Crippen MR) is 52.4 cm³/mol. The molecular formula is C9H9BrFNO. The second-order valence-corrected chi connectivity index (χ2v) is 3.07. The van der Waals surface area contributed by atoms with Crippen molar-refractivity contribution in [1.29, 1.82) is 0 Å². The zero-order valence-electron chi connectivity index (χ0n) is 7.10. The minimum absolute atomic E-state index is 0.269. The normalized spacial score (nSPS) is 9.77. The predicted octanol–water partition coefficient (Wildman–Crippen LogP) is 2.08. The molecule has 4 heteroatoms. The van der Waals surface area contributed by atoms with E-state index in [9.17, 15) is 9.18 Å². The fourth-order valence-corrected chi connectivity index (χ4v) is 1.50. The fraction of sp³-hybridized carbons (Fsp3) is 0.222. The zero-order valence-corrected chi connectivity index (χ0v) is 8.69. The molecule has 1 amide bonds. The van der Waals surface area contributed by atoms with Crippen molar-refractivity contribution in [2.45, 2.75) is 5.33 Å². The van der Waals surface area contributed by atoms with E-state index in [4.69, 9.17) is 0 Å². The standard InChI is InChI=1S/C9H9BrFNO/c1-12-9(13)8-4-7(11)3-2-6(8)5-10/h2-4H,5H2,1H3,(H,12,13). The van der Waals surface area contributed by atoms with E-state index in [2.05, 4.69) is 21.2 Å². The Kier molecular flexibility index (Phi) is 3.42. The Labute approximate surface area is 84.3 Å². The van der Waals surface area contributed by atoms with E-state index in [0.29, 0.717) is 10.9 Å². The molecule has 1 aromatic carbocycles. The number of benzene rings is 1. The van der Waals surface area contributed by atoms with Gasteiger partial charge in [-0.2, -0.15) is 0 Å². The first-order valence-electron chi connectivity index (χ1n) is 3.75. The molecule has 0 fully saturated rings. The third-order valence-electron chi connectivity index (χ3n) is 1.69. The van der Waals surface area contributed by atoms with Crippen molar-refractivity contribution >= 4 is 21.8 Å². The van der Waals surface area contributed by atoms with Gasteiger partial charge in [0.05, 0.1) is 0 Å². The van der Waals surface area contributed by atoms with Gasteiger partial charge in [-0.15, -0.1) is 0 Å². The van der Waals surface area contributed by atoms with Crippen LogP contribution in [-0.2, 0) is 5.33 Å². The van der Waals surface area contributed by atoms with Gasteiger partial charge in [-0.1, -0.05) is 22.0 Å². The van der Waals surface area contributed by atoms with Crippen LogP contribution in [0.2, 0.25) is 0 Å². The molecule has 2 nitrogen and oxygen atoms in total. The van der Waals surface area contributed by atoms with Crippen LogP contribution in [0.25, 0.3) is 0 Å². The van der Waals surface area contributed by atoms with Gasteiger partial charge >= 0.3 is 0 Å². The first-order valence-corrected chi connectivity index (χ1v) is 4.87. The molecule has 1 aromatic rings. The fourth-order valence-electron chi connectivity index (χ4n) is 1.01. The summed E-state index contributed by atoms with van der Waals surface area (Å²) in [6.45, 7) is 0. The third kappa shape index (κ3) is 2.28. The number of amides is 1. The molecule has 0 atom stereocenters. The maximum atomic E-state index is 12.8. The van der Waals surface area contributed by atoms with Crippen molar-refractivity contribution in [2.75, 3.05) is 7.05 Å². The van der Waals surface area contributed by atoms with Crippen molar-refractivity contribution < 1.29 is 9.18 Å². The van der Waals surface area contributed by atoms with Gasteiger partial charge in [0.15, 0.2) is 0 Å². The first-order chi connectivity index (χ1) is 6.19. The Balaban J connectivity index is 3.15. The van der Waals surface area contributed by atoms with E-state index < -0.39 is 5.82 Å².